The molecule has 1 aromatic rings. The molecular formula is C15H28IN3S. The lowest BCUT2D eigenvalue weighted by atomic mass is 10.0. The van der Waals surface area contributed by atoms with E-state index in [-0.39, 0.29) is 24.0 Å². The third-order valence-electron chi connectivity index (χ3n) is 3.54. The standard InChI is InChI=1S/C15H27N3S.HI/c1-5-13(6-2)11-18-15(16-4)17-10-12(3)14-8-7-9-19-14;/h7-9,12-13H,5-6,10-11H2,1-4H3,(H2,16,17,18);1H. The number of guanidine groups is 1. The van der Waals surface area contributed by atoms with Crippen LogP contribution in [0.2, 0.25) is 0 Å². The molecule has 20 heavy (non-hydrogen) atoms. The lowest BCUT2D eigenvalue weighted by Crippen LogP contribution is -2.41. The van der Waals surface area contributed by atoms with Gasteiger partial charge >= 0.3 is 0 Å². The molecule has 0 radical (unpaired) electrons. The van der Waals surface area contributed by atoms with E-state index >= 15 is 0 Å². The number of nitrogens with zero attached hydrogens (tertiary/aromatic N) is 1. The van der Waals surface area contributed by atoms with Gasteiger partial charge in [-0.3, -0.25) is 4.99 Å². The summed E-state index contributed by atoms with van der Waals surface area (Å²) in [6.45, 7) is 8.64. The van der Waals surface area contributed by atoms with Gasteiger partial charge < -0.3 is 10.6 Å². The first-order valence-corrected chi connectivity index (χ1v) is 8.07. The molecular weight excluding hydrogens is 381 g/mol. The summed E-state index contributed by atoms with van der Waals surface area (Å²) < 4.78 is 0. The highest BCUT2D eigenvalue weighted by molar-refractivity contribution is 14.0. The molecule has 1 heterocycles. The summed E-state index contributed by atoms with van der Waals surface area (Å²) in [6, 6.07) is 4.30. The molecule has 0 saturated heterocycles. The van der Waals surface area contributed by atoms with Gasteiger partial charge in [0.05, 0.1) is 0 Å². The van der Waals surface area contributed by atoms with E-state index in [0.717, 1.165) is 25.0 Å². The fourth-order valence-corrected chi connectivity index (χ4v) is 2.75. The second-order valence-electron chi connectivity index (χ2n) is 4.93. The monoisotopic (exact) mass is 409 g/mol. The quantitative estimate of drug-likeness (QED) is 0.405. The maximum absolute atomic E-state index is 4.28. The molecule has 0 aliphatic heterocycles. The molecule has 0 aliphatic rings. The Morgan fingerprint density at radius 3 is 2.40 bits per heavy atom. The van der Waals surface area contributed by atoms with Crippen LogP contribution in [0, 0.1) is 5.92 Å². The number of hydrogen-bond acceptors (Lipinski definition) is 2. The Labute approximate surface area is 144 Å². The van der Waals surface area contributed by atoms with Crippen molar-refractivity contribution in [2.45, 2.75) is 39.5 Å². The Morgan fingerprint density at radius 1 is 1.25 bits per heavy atom. The molecule has 0 bridgehead atoms. The minimum atomic E-state index is 0. The third-order valence-corrected chi connectivity index (χ3v) is 4.64. The number of hydrogen-bond donors (Lipinski definition) is 2. The lowest BCUT2D eigenvalue weighted by Gasteiger charge is -2.18. The molecule has 0 aliphatic carbocycles. The fourth-order valence-electron chi connectivity index (χ4n) is 1.96. The molecule has 1 aromatic heterocycles. The normalized spacial score (nSPS) is 12.9. The van der Waals surface area contributed by atoms with Crippen molar-refractivity contribution in [2.75, 3.05) is 20.1 Å². The first-order valence-electron chi connectivity index (χ1n) is 7.19. The van der Waals surface area contributed by atoms with Crippen molar-refractivity contribution in [1.29, 1.82) is 0 Å². The number of nitrogens with one attached hydrogen (secondary N) is 2. The van der Waals surface area contributed by atoms with Crippen LogP contribution in [0.4, 0.5) is 0 Å². The number of thiophene rings is 1. The molecule has 0 saturated carbocycles. The van der Waals surface area contributed by atoms with Crippen LogP contribution in [0.3, 0.4) is 0 Å². The van der Waals surface area contributed by atoms with Gasteiger partial charge in [0.2, 0.25) is 0 Å². The van der Waals surface area contributed by atoms with E-state index in [0.29, 0.717) is 5.92 Å². The Morgan fingerprint density at radius 2 is 1.90 bits per heavy atom. The van der Waals surface area contributed by atoms with Gasteiger partial charge in [-0.2, -0.15) is 0 Å². The predicted octanol–water partition coefficient (Wildman–Crippen LogP) is 4.07. The topological polar surface area (TPSA) is 36.4 Å². The fraction of sp³-hybridized carbons (Fsp3) is 0.667. The molecule has 0 amide bonds. The highest BCUT2D eigenvalue weighted by atomic mass is 127. The Bertz CT molecular complexity index is 361. The highest BCUT2D eigenvalue weighted by Crippen LogP contribution is 2.19. The largest absolute Gasteiger partial charge is 0.356 e. The Balaban J connectivity index is 0.00000361. The van der Waals surface area contributed by atoms with Gasteiger partial charge in [0, 0.05) is 30.9 Å². The zero-order chi connectivity index (χ0) is 14.1. The van der Waals surface area contributed by atoms with Crippen molar-refractivity contribution < 1.29 is 0 Å². The van der Waals surface area contributed by atoms with Gasteiger partial charge in [-0.15, -0.1) is 35.3 Å². The molecule has 1 unspecified atom stereocenters. The maximum Gasteiger partial charge on any atom is 0.191 e. The molecule has 1 atom stereocenters. The molecule has 0 fully saturated rings. The number of halogens is 1. The maximum atomic E-state index is 4.28. The van der Waals surface area contributed by atoms with Gasteiger partial charge in [-0.25, -0.2) is 0 Å². The summed E-state index contributed by atoms with van der Waals surface area (Å²) in [6.07, 6.45) is 2.43. The van der Waals surface area contributed by atoms with E-state index in [2.05, 4.69) is 53.9 Å². The molecule has 0 aromatic carbocycles. The SMILES string of the molecule is CCC(CC)CNC(=NC)NCC(C)c1cccs1.I. The van der Waals surface area contributed by atoms with Crippen LogP contribution < -0.4 is 10.6 Å². The Hall–Kier alpha value is -0.300. The van der Waals surface area contributed by atoms with Gasteiger partial charge in [-0.05, 0) is 17.4 Å². The van der Waals surface area contributed by atoms with Gasteiger partial charge in [0.25, 0.3) is 0 Å². The molecule has 5 heteroatoms. The summed E-state index contributed by atoms with van der Waals surface area (Å²) >= 11 is 1.82. The van der Waals surface area contributed by atoms with E-state index in [1.54, 1.807) is 0 Å². The van der Waals surface area contributed by atoms with Gasteiger partial charge in [-0.1, -0.05) is 39.7 Å². The van der Waals surface area contributed by atoms with Gasteiger partial charge in [0.1, 0.15) is 0 Å². The summed E-state index contributed by atoms with van der Waals surface area (Å²) in [5.41, 5.74) is 0. The third kappa shape index (κ3) is 6.92. The van der Waals surface area contributed by atoms with Crippen molar-refractivity contribution in [3.05, 3.63) is 22.4 Å². The molecule has 2 N–H and O–H groups in total. The zero-order valence-electron chi connectivity index (χ0n) is 13.0. The number of rotatable bonds is 7. The smallest absolute Gasteiger partial charge is 0.191 e. The van der Waals surface area contributed by atoms with Crippen LogP contribution in [-0.2, 0) is 0 Å². The highest BCUT2D eigenvalue weighted by Gasteiger charge is 2.08. The second kappa shape index (κ2) is 11.4. The van der Waals surface area contributed by atoms with Crippen molar-refractivity contribution >= 4 is 41.3 Å². The first kappa shape index (κ1) is 19.7. The van der Waals surface area contributed by atoms with Crippen molar-refractivity contribution in [2.24, 2.45) is 10.9 Å². The summed E-state index contributed by atoms with van der Waals surface area (Å²) in [5, 5.41) is 8.95. The van der Waals surface area contributed by atoms with Crippen LogP contribution in [0.15, 0.2) is 22.5 Å². The van der Waals surface area contributed by atoms with Crippen LogP contribution in [0.1, 0.15) is 44.4 Å². The van der Waals surface area contributed by atoms with E-state index in [1.807, 2.05) is 18.4 Å². The van der Waals surface area contributed by atoms with Crippen LogP contribution >= 0.6 is 35.3 Å². The van der Waals surface area contributed by atoms with E-state index in [9.17, 15) is 0 Å². The van der Waals surface area contributed by atoms with E-state index in [1.165, 1.54) is 17.7 Å². The predicted molar refractivity (Wildman–Crippen MR) is 102 cm³/mol. The zero-order valence-corrected chi connectivity index (χ0v) is 16.1. The van der Waals surface area contributed by atoms with Crippen molar-refractivity contribution in [1.82, 2.24) is 10.6 Å². The minimum absolute atomic E-state index is 0. The second-order valence-corrected chi connectivity index (χ2v) is 5.91. The Kier molecular flexibility index (Phi) is 11.2. The molecule has 1 rings (SSSR count). The average molecular weight is 409 g/mol. The van der Waals surface area contributed by atoms with Crippen LogP contribution in [0.25, 0.3) is 0 Å². The number of aliphatic imine (C=N–C) groups is 1. The van der Waals surface area contributed by atoms with Crippen LogP contribution in [0.5, 0.6) is 0 Å². The van der Waals surface area contributed by atoms with Crippen molar-refractivity contribution in [3.8, 4) is 0 Å². The van der Waals surface area contributed by atoms with Gasteiger partial charge in [0.15, 0.2) is 5.96 Å². The molecule has 0 spiro atoms. The van der Waals surface area contributed by atoms with E-state index in [4.69, 9.17) is 0 Å². The van der Waals surface area contributed by atoms with Crippen molar-refractivity contribution in [3.63, 3.8) is 0 Å². The first-order chi connectivity index (χ1) is 9.21. The minimum Gasteiger partial charge on any atom is -0.356 e. The van der Waals surface area contributed by atoms with Crippen LogP contribution in [-0.4, -0.2) is 26.1 Å². The summed E-state index contributed by atoms with van der Waals surface area (Å²) in [7, 11) is 1.83. The summed E-state index contributed by atoms with van der Waals surface area (Å²) in [5.74, 6) is 2.16. The molecule has 116 valence electrons. The lowest BCUT2D eigenvalue weighted by molar-refractivity contribution is 0.481. The molecule has 3 nitrogen and oxygen atoms in total. The average Bonchev–Trinajstić information content (AvgIpc) is 2.97. The van der Waals surface area contributed by atoms with E-state index < -0.39 is 0 Å². The summed E-state index contributed by atoms with van der Waals surface area (Å²) in [4.78, 5) is 5.70.